The van der Waals surface area contributed by atoms with Crippen molar-refractivity contribution in [3.8, 4) is 0 Å². The quantitative estimate of drug-likeness (QED) is 0.212. The second-order valence-electron chi connectivity index (χ2n) is 9.22. The fraction of sp³-hybridized carbons (Fsp3) is 0.233. The molecule has 2 amide bonds. The minimum atomic E-state index is -0.459. The highest BCUT2D eigenvalue weighted by molar-refractivity contribution is 6.37. The van der Waals surface area contributed by atoms with Crippen LogP contribution in [-0.2, 0) is 20.9 Å². The summed E-state index contributed by atoms with van der Waals surface area (Å²) in [4.78, 5) is 38.4. The molecule has 3 aromatic rings. The normalized spacial score (nSPS) is 13.5. The number of nitrogens with zero attached hydrogens (tertiary/aromatic N) is 1. The molecule has 0 unspecified atom stereocenters. The Balaban J connectivity index is 1.56. The molecule has 3 N–H and O–H groups in total. The van der Waals surface area contributed by atoms with Gasteiger partial charge in [-0.25, -0.2) is 4.79 Å². The molecule has 0 radical (unpaired) electrons. The lowest BCUT2D eigenvalue weighted by molar-refractivity contribution is -0.119. The van der Waals surface area contributed by atoms with Gasteiger partial charge in [-0.15, -0.1) is 0 Å². The first-order valence-corrected chi connectivity index (χ1v) is 12.5. The molecular formula is C30H32N4O4. The van der Waals surface area contributed by atoms with E-state index in [1.807, 2.05) is 42.5 Å². The zero-order valence-corrected chi connectivity index (χ0v) is 21.8. The highest BCUT2D eigenvalue weighted by atomic mass is 16.5. The van der Waals surface area contributed by atoms with E-state index >= 15 is 0 Å². The molecule has 0 aromatic heterocycles. The Morgan fingerprint density at radius 1 is 0.974 bits per heavy atom. The van der Waals surface area contributed by atoms with Crippen molar-refractivity contribution in [1.29, 1.82) is 0 Å². The van der Waals surface area contributed by atoms with Gasteiger partial charge in [-0.2, -0.15) is 0 Å². The van der Waals surface area contributed by atoms with Crippen LogP contribution in [0, 0.1) is 0 Å². The summed E-state index contributed by atoms with van der Waals surface area (Å²) in [6.45, 7) is 3.85. The molecule has 1 heterocycles. The van der Waals surface area contributed by atoms with E-state index < -0.39 is 5.97 Å². The molecule has 1 aliphatic rings. The molecular weight excluding hydrogens is 480 g/mol. The summed E-state index contributed by atoms with van der Waals surface area (Å²) in [5.74, 6) is -0.713. The number of esters is 1. The Morgan fingerprint density at radius 2 is 1.71 bits per heavy atom. The smallest absolute Gasteiger partial charge is 0.337 e. The van der Waals surface area contributed by atoms with Crippen LogP contribution >= 0.6 is 0 Å². The van der Waals surface area contributed by atoms with Crippen molar-refractivity contribution in [2.75, 3.05) is 37.9 Å². The third-order valence-corrected chi connectivity index (χ3v) is 6.26. The van der Waals surface area contributed by atoms with Gasteiger partial charge in [0.2, 0.25) is 5.91 Å². The van der Waals surface area contributed by atoms with E-state index in [0.29, 0.717) is 34.6 Å². The Kier molecular flexibility index (Phi) is 8.55. The Hall–Kier alpha value is -4.43. The van der Waals surface area contributed by atoms with Gasteiger partial charge in [-0.05, 0) is 55.4 Å². The SMILES string of the molecule is COC(=O)c1ccc2c(c1)NC(=O)C2=C(Nc1ccc(CN(C)CCCNC(C)=O)cc1)c1ccccc1. The van der Waals surface area contributed by atoms with Gasteiger partial charge in [0.1, 0.15) is 0 Å². The first-order valence-electron chi connectivity index (χ1n) is 12.5. The van der Waals surface area contributed by atoms with E-state index in [2.05, 4.69) is 40.0 Å². The number of amides is 2. The van der Waals surface area contributed by atoms with Crippen LogP contribution in [0.5, 0.6) is 0 Å². The number of hydrogen-bond donors (Lipinski definition) is 3. The van der Waals surface area contributed by atoms with Crippen molar-refractivity contribution >= 4 is 40.4 Å². The van der Waals surface area contributed by atoms with Crippen molar-refractivity contribution in [3.63, 3.8) is 0 Å². The number of benzene rings is 3. The molecule has 0 spiro atoms. The number of anilines is 2. The summed E-state index contributed by atoms with van der Waals surface area (Å²) in [7, 11) is 3.38. The number of fused-ring (bicyclic) bond motifs is 1. The van der Waals surface area contributed by atoms with Gasteiger partial charge in [0.05, 0.1) is 29.6 Å². The van der Waals surface area contributed by atoms with Crippen LogP contribution in [0.4, 0.5) is 11.4 Å². The van der Waals surface area contributed by atoms with Crippen LogP contribution in [0.15, 0.2) is 72.8 Å². The molecule has 8 heteroatoms. The first-order chi connectivity index (χ1) is 18.4. The van der Waals surface area contributed by atoms with Crippen LogP contribution in [-0.4, -0.2) is 49.9 Å². The third kappa shape index (κ3) is 6.46. The maximum atomic E-state index is 13.2. The van der Waals surface area contributed by atoms with Crippen molar-refractivity contribution in [1.82, 2.24) is 10.2 Å². The van der Waals surface area contributed by atoms with Gasteiger partial charge in [0, 0.05) is 31.3 Å². The third-order valence-electron chi connectivity index (χ3n) is 6.26. The Morgan fingerprint density at radius 3 is 2.39 bits per heavy atom. The molecule has 8 nitrogen and oxygen atoms in total. The summed E-state index contributed by atoms with van der Waals surface area (Å²) in [5.41, 5.74) is 5.71. The average molecular weight is 513 g/mol. The summed E-state index contributed by atoms with van der Waals surface area (Å²) in [5, 5.41) is 9.17. The van der Waals surface area contributed by atoms with Gasteiger partial charge in [-0.1, -0.05) is 48.5 Å². The number of carbonyl (C=O) groups is 3. The fourth-order valence-electron chi connectivity index (χ4n) is 4.39. The molecule has 196 valence electrons. The van der Waals surface area contributed by atoms with E-state index in [1.54, 1.807) is 18.2 Å². The zero-order chi connectivity index (χ0) is 27.1. The molecule has 0 aliphatic carbocycles. The van der Waals surface area contributed by atoms with Crippen LogP contribution in [0.2, 0.25) is 0 Å². The highest BCUT2D eigenvalue weighted by Gasteiger charge is 2.29. The van der Waals surface area contributed by atoms with Crippen LogP contribution in [0.3, 0.4) is 0 Å². The maximum Gasteiger partial charge on any atom is 0.337 e. The predicted molar refractivity (Wildman–Crippen MR) is 149 cm³/mol. The molecule has 0 fully saturated rings. The number of methoxy groups -OCH3 is 1. The summed E-state index contributed by atoms with van der Waals surface area (Å²) >= 11 is 0. The largest absolute Gasteiger partial charge is 0.465 e. The first kappa shape index (κ1) is 26.6. The Bertz CT molecular complexity index is 1350. The molecule has 0 atom stereocenters. The van der Waals surface area contributed by atoms with Crippen molar-refractivity contribution in [2.45, 2.75) is 19.9 Å². The summed E-state index contributed by atoms with van der Waals surface area (Å²) < 4.78 is 4.82. The molecule has 0 saturated heterocycles. The topological polar surface area (TPSA) is 99.8 Å². The monoisotopic (exact) mass is 512 g/mol. The number of hydrogen-bond acceptors (Lipinski definition) is 6. The minimum Gasteiger partial charge on any atom is -0.465 e. The van der Waals surface area contributed by atoms with Gasteiger partial charge in [0.15, 0.2) is 0 Å². The van der Waals surface area contributed by atoms with Crippen molar-refractivity contribution < 1.29 is 19.1 Å². The predicted octanol–water partition coefficient (Wildman–Crippen LogP) is 4.36. The zero-order valence-electron chi connectivity index (χ0n) is 21.8. The summed E-state index contributed by atoms with van der Waals surface area (Å²) in [6, 6.07) is 22.9. The fourth-order valence-corrected chi connectivity index (χ4v) is 4.39. The molecule has 0 saturated carbocycles. The molecule has 0 bridgehead atoms. The lowest BCUT2D eigenvalue weighted by Crippen LogP contribution is -2.26. The van der Waals surface area contributed by atoms with Gasteiger partial charge in [-0.3, -0.25) is 9.59 Å². The standard InChI is InChI=1S/C30H32N4O4/c1-20(35)31-16-7-17-34(2)19-21-10-13-24(14-11-21)32-28(22-8-5-4-6-9-22)27-25-15-12-23(30(37)38-3)18-26(25)33-29(27)36/h4-6,8-15,18,32H,7,16-17,19H2,1-3H3,(H,31,35)(H,33,36). The molecule has 38 heavy (non-hydrogen) atoms. The van der Waals surface area contributed by atoms with Crippen LogP contribution in [0.1, 0.15) is 40.4 Å². The lowest BCUT2D eigenvalue weighted by Gasteiger charge is -2.18. The average Bonchev–Trinajstić information content (AvgIpc) is 3.25. The number of carbonyl (C=O) groups excluding carboxylic acids is 3. The lowest BCUT2D eigenvalue weighted by atomic mass is 9.99. The second-order valence-corrected chi connectivity index (χ2v) is 9.22. The number of rotatable bonds is 10. The Labute approximate surface area is 222 Å². The van der Waals surface area contributed by atoms with E-state index in [0.717, 1.165) is 36.3 Å². The van der Waals surface area contributed by atoms with Crippen LogP contribution in [0.25, 0.3) is 11.3 Å². The summed E-state index contributed by atoms with van der Waals surface area (Å²) in [6.07, 6.45) is 0.883. The molecule has 3 aromatic carbocycles. The highest BCUT2D eigenvalue weighted by Crippen LogP contribution is 2.38. The van der Waals surface area contributed by atoms with Crippen molar-refractivity contribution in [3.05, 3.63) is 95.1 Å². The van der Waals surface area contributed by atoms with E-state index in [-0.39, 0.29) is 11.8 Å². The van der Waals surface area contributed by atoms with Gasteiger partial charge < -0.3 is 25.6 Å². The van der Waals surface area contributed by atoms with Gasteiger partial charge >= 0.3 is 5.97 Å². The molecule has 4 rings (SSSR count). The number of nitrogens with one attached hydrogen (secondary N) is 3. The van der Waals surface area contributed by atoms with E-state index in [9.17, 15) is 14.4 Å². The molecule has 1 aliphatic heterocycles. The van der Waals surface area contributed by atoms with Gasteiger partial charge in [0.25, 0.3) is 5.91 Å². The van der Waals surface area contributed by atoms with E-state index in [4.69, 9.17) is 4.74 Å². The second kappa shape index (κ2) is 12.2. The van der Waals surface area contributed by atoms with Crippen LogP contribution < -0.4 is 16.0 Å². The maximum absolute atomic E-state index is 13.2. The van der Waals surface area contributed by atoms with E-state index in [1.165, 1.54) is 14.0 Å². The van der Waals surface area contributed by atoms with Crippen molar-refractivity contribution in [2.24, 2.45) is 0 Å². The minimum absolute atomic E-state index is 0.00917. The number of ether oxygens (including phenoxy) is 1.